The Labute approximate surface area is 111 Å². The van der Waals surface area contributed by atoms with Crippen LogP contribution in [0.4, 0.5) is 0 Å². The molecule has 1 rings (SSSR count). The number of hydrogen-bond donors (Lipinski definition) is 2. The van der Waals surface area contributed by atoms with Crippen molar-refractivity contribution in [2.75, 3.05) is 13.2 Å². The average Bonchev–Trinajstić information content (AvgIpc) is 2.35. The predicted octanol–water partition coefficient (Wildman–Crippen LogP) is 1.51. The van der Waals surface area contributed by atoms with Crippen molar-refractivity contribution >= 4 is 5.91 Å². The van der Waals surface area contributed by atoms with Crippen LogP contribution in [0.25, 0.3) is 0 Å². The molecule has 0 spiro atoms. The summed E-state index contributed by atoms with van der Waals surface area (Å²) in [6.45, 7) is 4.60. The van der Waals surface area contributed by atoms with E-state index in [1.165, 1.54) is 19.3 Å². The van der Waals surface area contributed by atoms with Gasteiger partial charge in [-0.15, -0.1) is 0 Å². The number of nitrogens with zero attached hydrogens (tertiary/aromatic N) is 1. The summed E-state index contributed by atoms with van der Waals surface area (Å²) in [5.74, 6) is 0.441. The van der Waals surface area contributed by atoms with Crippen LogP contribution in [0.3, 0.4) is 0 Å². The Balaban J connectivity index is 2.61. The molecule has 0 aromatic rings. The first kappa shape index (κ1) is 15.4. The standard InChI is InChI=1S/C14H28N2O2/c1-11(2)10-13(15)14(18)16(8-9-17)12-6-4-3-5-7-12/h11-13,17H,3-10,15H2,1-2H3. The highest BCUT2D eigenvalue weighted by Crippen LogP contribution is 2.23. The van der Waals surface area contributed by atoms with Gasteiger partial charge in [0.25, 0.3) is 0 Å². The zero-order valence-corrected chi connectivity index (χ0v) is 11.8. The summed E-state index contributed by atoms with van der Waals surface area (Å²) >= 11 is 0. The molecule has 106 valence electrons. The molecule has 1 fully saturated rings. The van der Waals surface area contributed by atoms with Crippen LogP contribution in [-0.2, 0) is 4.79 Å². The molecule has 4 nitrogen and oxygen atoms in total. The molecule has 18 heavy (non-hydrogen) atoms. The van der Waals surface area contributed by atoms with Gasteiger partial charge in [0.15, 0.2) is 0 Å². The maximum absolute atomic E-state index is 12.4. The summed E-state index contributed by atoms with van der Waals surface area (Å²) < 4.78 is 0. The number of aliphatic hydroxyl groups excluding tert-OH is 1. The Morgan fingerprint density at radius 2 is 1.94 bits per heavy atom. The largest absolute Gasteiger partial charge is 0.395 e. The van der Waals surface area contributed by atoms with Crippen LogP contribution in [0.5, 0.6) is 0 Å². The molecule has 0 aromatic carbocycles. The summed E-state index contributed by atoms with van der Waals surface area (Å²) in [6.07, 6.45) is 6.45. The second-order valence-electron chi connectivity index (χ2n) is 5.78. The van der Waals surface area contributed by atoms with Gasteiger partial charge in [0.2, 0.25) is 5.91 Å². The zero-order chi connectivity index (χ0) is 13.5. The van der Waals surface area contributed by atoms with E-state index in [4.69, 9.17) is 10.8 Å². The van der Waals surface area contributed by atoms with E-state index in [0.29, 0.717) is 18.9 Å². The highest BCUT2D eigenvalue weighted by molar-refractivity contribution is 5.82. The Morgan fingerprint density at radius 1 is 1.33 bits per heavy atom. The maximum Gasteiger partial charge on any atom is 0.239 e. The minimum absolute atomic E-state index is 0.0182. The normalized spacial score (nSPS) is 18.9. The molecule has 1 amide bonds. The quantitative estimate of drug-likeness (QED) is 0.757. The predicted molar refractivity (Wildman–Crippen MR) is 73.1 cm³/mol. The molecule has 0 heterocycles. The number of nitrogens with two attached hydrogens (primary N) is 1. The number of amides is 1. The van der Waals surface area contributed by atoms with Gasteiger partial charge in [-0.1, -0.05) is 33.1 Å². The molecule has 0 aromatic heterocycles. The molecule has 1 unspecified atom stereocenters. The lowest BCUT2D eigenvalue weighted by Gasteiger charge is -2.35. The maximum atomic E-state index is 12.4. The van der Waals surface area contributed by atoms with Crippen molar-refractivity contribution in [3.05, 3.63) is 0 Å². The fourth-order valence-corrected chi connectivity index (χ4v) is 2.79. The molecule has 0 saturated heterocycles. The lowest BCUT2D eigenvalue weighted by Crippen LogP contribution is -2.50. The monoisotopic (exact) mass is 256 g/mol. The lowest BCUT2D eigenvalue weighted by atomic mass is 9.93. The summed E-state index contributed by atoms with van der Waals surface area (Å²) in [5.41, 5.74) is 5.98. The molecule has 0 bridgehead atoms. The van der Waals surface area contributed by atoms with E-state index in [9.17, 15) is 4.79 Å². The summed E-state index contributed by atoms with van der Waals surface area (Å²) in [7, 11) is 0. The molecular weight excluding hydrogens is 228 g/mol. The van der Waals surface area contributed by atoms with E-state index in [-0.39, 0.29) is 18.6 Å². The van der Waals surface area contributed by atoms with Crippen LogP contribution in [0, 0.1) is 5.92 Å². The van der Waals surface area contributed by atoms with Crippen LogP contribution in [-0.4, -0.2) is 41.1 Å². The van der Waals surface area contributed by atoms with Crippen molar-refractivity contribution in [1.82, 2.24) is 4.90 Å². The molecule has 1 saturated carbocycles. The minimum atomic E-state index is -0.418. The number of aliphatic hydroxyl groups is 1. The lowest BCUT2D eigenvalue weighted by molar-refractivity contribution is -0.136. The molecule has 0 radical (unpaired) electrons. The molecular formula is C14H28N2O2. The Morgan fingerprint density at radius 3 is 2.44 bits per heavy atom. The highest BCUT2D eigenvalue weighted by Gasteiger charge is 2.28. The van der Waals surface area contributed by atoms with Gasteiger partial charge in [-0.05, 0) is 25.2 Å². The van der Waals surface area contributed by atoms with E-state index in [2.05, 4.69) is 13.8 Å². The third-order valence-corrected chi connectivity index (χ3v) is 3.68. The van der Waals surface area contributed by atoms with Crippen molar-refractivity contribution in [3.63, 3.8) is 0 Å². The summed E-state index contributed by atoms with van der Waals surface area (Å²) in [5, 5.41) is 9.15. The van der Waals surface area contributed by atoms with E-state index in [1.807, 2.05) is 4.90 Å². The van der Waals surface area contributed by atoms with Crippen molar-refractivity contribution < 1.29 is 9.90 Å². The molecule has 4 heteroatoms. The topological polar surface area (TPSA) is 66.6 Å². The van der Waals surface area contributed by atoms with Gasteiger partial charge in [0, 0.05) is 12.6 Å². The van der Waals surface area contributed by atoms with E-state index >= 15 is 0 Å². The van der Waals surface area contributed by atoms with Gasteiger partial charge in [-0.25, -0.2) is 0 Å². The number of carbonyl (C=O) groups excluding carboxylic acids is 1. The first-order valence-corrected chi connectivity index (χ1v) is 7.23. The minimum Gasteiger partial charge on any atom is -0.395 e. The van der Waals surface area contributed by atoms with E-state index < -0.39 is 6.04 Å². The third kappa shape index (κ3) is 4.58. The summed E-state index contributed by atoms with van der Waals surface area (Å²) in [4.78, 5) is 14.2. The first-order valence-electron chi connectivity index (χ1n) is 7.23. The van der Waals surface area contributed by atoms with Crippen molar-refractivity contribution in [2.45, 2.75) is 64.5 Å². The van der Waals surface area contributed by atoms with E-state index in [1.54, 1.807) is 0 Å². The van der Waals surface area contributed by atoms with Crippen LogP contribution >= 0.6 is 0 Å². The number of hydrogen-bond acceptors (Lipinski definition) is 3. The Hall–Kier alpha value is -0.610. The molecule has 0 aliphatic heterocycles. The molecule has 1 aliphatic rings. The zero-order valence-electron chi connectivity index (χ0n) is 11.8. The fourth-order valence-electron chi connectivity index (χ4n) is 2.79. The van der Waals surface area contributed by atoms with Crippen molar-refractivity contribution in [1.29, 1.82) is 0 Å². The van der Waals surface area contributed by atoms with Gasteiger partial charge in [-0.2, -0.15) is 0 Å². The third-order valence-electron chi connectivity index (χ3n) is 3.68. The van der Waals surface area contributed by atoms with Crippen molar-refractivity contribution in [3.8, 4) is 0 Å². The van der Waals surface area contributed by atoms with Crippen molar-refractivity contribution in [2.24, 2.45) is 11.7 Å². The summed E-state index contributed by atoms with van der Waals surface area (Å²) in [6, 6.07) is -0.130. The van der Waals surface area contributed by atoms with Crippen LogP contribution < -0.4 is 5.73 Å². The molecule has 1 aliphatic carbocycles. The molecule has 1 atom stereocenters. The number of carbonyl (C=O) groups is 1. The van der Waals surface area contributed by atoms with Crippen LogP contribution in [0.2, 0.25) is 0 Å². The highest BCUT2D eigenvalue weighted by atomic mass is 16.3. The smallest absolute Gasteiger partial charge is 0.239 e. The first-order chi connectivity index (χ1) is 8.56. The SMILES string of the molecule is CC(C)CC(N)C(=O)N(CCO)C1CCCCC1. The van der Waals surface area contributed by atoms with Gasteiger partial charge in [-0.3, -0.25) is 4.79 Å². The van der Waals surface area contributed by atoms with Gasteiger partial charge in [0.1, 0.15) is 0 Å². The fraction of sp³-hybridized carbons (Fsp3) is 0.929. The van der Waals surface area contributed by atoms with E-state index in [0.717, 1.165) is 12.8 Å². The van der Waals surface area contributed by atoms with Gasteiger partial charge in [0.05, 0.1) is 12.6 Å². The average molecular weight is 256 g/mol. The van der Waals surface area contributed by atoms with Gasteiger partial charge >= 0.3 is 0 Å². The second-order valence-corrected chi connectivity index (χ2v) is 5.78. The second kappa shape index (κ2) is 7.74. The van der Waals surface area contributed by atoms with Gasteiger partial charge < -0.3 is 15.7 Å². The Bertz CT molecular complexity index is 250. The molecule has 3 N–H and O–H groups in total. The van der Waals surface area contributed by atoms with Crippen LogP contribution in [0.1, 0.15) is 52.4 Å². The number of rotatable bonds is 6. The Kier molecular flexibility index (Phi) is 6.65. The van der Waals surface area contributed by atoms with Crippen LogP contribution in [0.15, 0.2) is 0 Å².